The number of amides is 1. The van der Waals surface area contributed by atoms with Gasteiger partial charge in [0.05, 0.1) is 0 Å². The molecule has 1 aromatic heterocycles. The van der Waals surface area contributed by atoms with Crippen LogP contribution in [0.15, 0.2) is 60.8 Å². The first-order valence-corrected chi connectivity index (χ1v) is 9.39. The highest BCUT2D eigenvalue weighted by molar-refractivity contribution is 5.93. The Morgan fingerprint density at radius 1 is 1.15 bits per heavy atom. The Morgan fingerprint density at radius 2 is 1.93 bits per heavy atom. The number of hydrogen-bond donors (Lipinski definition) is 1. The highest BCUT2D eigenvalue weighted by Gasteiger charge is 2.24. The fourth-order valence-corrected chi connectivity index (χ4v) is 3.58. The molecular formula is C23H24N2O2. The molecule has 0 aliphatic carbocycles. The minimum atomic E-state index is -0.490. The third-order valence-corrected chi connectivity index (χ3v) is 5.14. The molecule has 0 radical (unpaired) electrons. The first kappa shape index (κ1) is 17.4. The maximum Gasteiger partial charge on any atom is 0.263 e. The number of H-pyrrole nitrogens is 1. The zero-order chi connectivity index (χ0) is 18.8. The molecule has 2 heterocycles. The Hall–Kier alpha value is -3.01. The standard InChI is InChI=1S/C23H24N2O2/c1-16-7-9-19(10-8-16)27-17(2)23(26)25-13-11-18(12-14-25)21-15-24-22-6-4-3-5-20(21)22/h3-11,15,17,24H,12-14H2,1-2H3. The number of aryl methyl sites for hydroxylation is 1. The van der Waals surface area contributed by atoms with Gasteiger partial charge in [0.25, 0.3) is 5.91 Å². The van der Waals surface area contributed by atoms with E-state index in [1.165, 1.54) is 22.1 Å². The molecule has 4 nitrogen and oxygen atoms in total. The maximum absolute atomic E-state index is 12.7. The second-order valence-electron chi connectivity index (χ2n) is 7.08. The SMILES string of the molecule is Cc1ccc(OC(C)C(=O)N2CC=C(c3c[nH]c4ccccc34)CC2)cc1. The summed E-state index contributed by atoms with van der Waals surface area (Å²) in [7, 11) is 0. The van der Waals surface area contributed by atoms with Gasteiger partial charge in [-0.2, -0.15) is 0 Å². The summed E-state index contributed by atoms with van der Waals surface area (Å²) in [6.45, 7) is 5.19. The lowest BCUT2D eigenvalue weighted by atomic mass is 9.99. The number of fused-ring (bicyclic) bond motifs is 1. The van der Waals surface area contributed by atoms with Crippen molar-refractivity contribution in [3.63, 3.8) is 0 Å². The smallest absolute Gasteiger partial charge is 0.263 e. The Morgan fingerprint density at radius 3 is 2.67 bits per heavy atom. The molecule has 3 aromatic rings. The number of carbonyl (C=O) groups is 1. The highest BCUT2D eigenvalue weighted by atomic mass is 16.5. The number of aromatic amines is 1. The number of nitrogens with one attached hydrogen (secondary N) is 1. The molecule has 0 spiro atoms. The van der Waals surface area contributed by atoms with Gasteiger partial charge in [0.1, 0.15) is 5.75 Å². The van der Waals surface area contributed by atoms with Crippen LogP contribution in [0.25, 0.3) is 16.5 Å². The highest BCUT2D eigenvalue weighted by Crippen LogP contribution is 2.29. The van der Waals surface area contributed by atoms with E-state index in [9.17, 15) is 4.79 Å². The minimum Gasteiger partial charge on any atom is -0.481 e. The van der Waals surface area contributed by atoms with Crippen molar-refractivity contribution in [2.45, 2.75) is 26.4 Å². The molecular weight excluding hydrogens is 336 g/mol. The predicted octanol–water partition coefficient (Wildman–Crippen LogP) is 4.56. The molecule has 1 atom stereocenters. The van der Waals surface area contributed by atoms with Crippen LogP contribution >= 0.6 is 0 Å². The van der Waals surface area contributed by atoms with Crippen LogP contribution in [0.3, 0.4) is 0 Å². The van der Waals surface area contributed by atoms with Gasteiger partial charge in [-0.25, -0.2) is 0 Å². The van der Waals surface area contributed by atoms with Crippen LogP contribution in [0.5, 0.6) is 5.75 Å². The monoisotopic (exact) mass is 360 g/mol. The van der Waals surface area contributed by atoms with Gasteiger partial charge in [0.2, 0.25) is 0 Å². The average Bonchev–Trinajstić information content (AvgIpc) is 3.13. The van der Waals surface area contributed by atoms with Crippen molar-refractivity contribution < 1.29 is 9.53 Å². The molecule has 27 heavy (non-hydrogen) atoms. The Bertz CT molecular complexity index is 985. The van der Waals surface area contributed by atoms with E-state index in [1.807, 2.05) is 49.1 Å². The first-order chi connectivity index (χ1) is 13.1. The fourth-order valence-electron chi connectivity index (χ4n) is 3.58. The van der Waals surface area contributed by atoms with Gasteiger partial charge in [0, 0.05) is 35.8 Å². The van der Waals surface area contributed by atoms with Crippen molar-refractivity contribution in [2.24, 2.45) is 0 Å². The van der Waals surface area contributed by atoms with Crippen LogP contribution in [-0.4, -0.2) is 35.0 Å². The number of hydrogen-bond acceptors (Lipinski definition) is 2. The van der Waals surface area contributed by atoms with Gasteiger partial charge in [0.15, 0.2) is 6.10 Å². The number of carbonyl (C=O) groups excluding carboxylic acids is 1. The van der Waals surface area contributed by atoms with Gasteiger partial charge >= 0.3 is 0 Å². The molecule has 1 aliphatic heterocycles. The van der Waals surface area contributed by atoms with Crippen molar-refractivity contribution in [1.82, 2.24) is 9.88 Å². The number of rotatable bonds is 4. The molecule has 1 unspecified atom stereocenters. The van der Waals surface area contributed by atoms with Gasteiger partial charge in [-0.1, -0.05) is 42.0 Å². The first-order valence-electron chi connectivity index (χ1n) is 9.39. The molecule has 0 saturated heterocycles. The van der Waals surface area contributed by atoms with Crippen molar-refractivity contribution in [2.75, 3.05) is 13.1 Å². The summed E-state index contributed by atoms with van der Waals surface area (Å²) < 4.78 is 5.82. The van der Waals surface area contributed by atoms with E-state index in [1.54, 1.807) is 0 Å². The van der Waals surface area contributed by atoms with E-state index < -0.39 is 6.10 Å². The lowest BCUT2D eigenvalue weighted by Crippen LogP contribution is -2.42. The van der Waals surface area contributed by atoms with Gasteiger partial charge < -0.3 is 14.6 Å². The maximum atomic E-state index is 12.7. The normalized spacial score (nSPS) is 15.5. The van der Waals surface area contributed by atoms with Crippen molar-refractivity contribution in [3.8, 4) is 5.75 Å². The van der Waals surface area contributed by atoms with Crippen LogP contribution in [0.2, 0.25) is 0 Å². The summed E-state index contributed by atoms with van der Waals surface area (Å²) in [5.74, 6) is 0.762. The number of nitrogens with zero attached hydrogens (tertiary/aromatic N) is 1. The molecule has 1 amide bonds. The van der Waals surface area contributed by atoms with Crippen LogP contribution in [-0.2, 0) is 4.79 Å². The quantitative estimate of drug-likeness (QED) is 0.741. The molecule has 4 heteroatoms. The Kier molecular flexibility index (Phi) is 4.71. The molecule has 0 fully saturated rings. The predicted molar refractivity (Wildman–Crippen MR) is 109 cm³/mol. The molecule has 1 aliphatic rings. The van der Waals surface area contributed by atoms with Crippen LogP contribution < -0.4 is 4.74 Å². The lowest BCUT2D eigenvalue weighted by molar-refractivity contribution is -0.137. The minimum absolute atomic E-state index is 0.0322. The van der Waals surface area contributed by atoms with E-state index in [-0.39, 0.29) is 5.91 Å². The molecule has 0 bridgehead atoms. The van der Waals surface area contributed by atoms with E-state index in [2.05, 4.69) is 35.5 Å². The van der Waals surface area contributed by atoms with Gasteiger partial charge in [-0.15, -0.1) is 0 Å². The van der Waals surface area contributed by atoms with E-state index >= 15 is 0 Å². The third-order valence-electron chi connectivity index (χ3n) is 5.14. The zero-order valence-electron chi connectivity index (χ0n) is 15.7. The number of aromatic nitrogens is 1. The fraction of sp³-hybridized carbons (Fsp3) is 0.261. The molecule has 4 rings (SSSR count). The van der Waals surface area contributed by atoms with Gasteiger partial charge in [-0.05, 0) is 44.0 Å². The molecule has 2 aromatic carbocycles. The number of ether oxygens (including phenoxy) is 1. The Labute approximate surface area is 159 Å². The summed E-state index contributed by atoms with van der Waals surface area (Å²) in [6, 6.07) is 16.1. The summed E-state index contributed by atoms with van der Waals surface area (Å²) in [6.07, 6.45) is 4.59. The summed E-state index contributed by atoms with van der Waals surface area (Å²) in [5, 5.41) is 1.24. The zero-order valence-corrected chi connectivity index (χ0v) is 15.7. The van der Waals surface area contributed by atoms with E-state index in [0.29, 0.717) is 13.1 Å². The second-order valence-corrected chi connectivity index (χ2v) is 7.08. The summed E-state index contributed by atoms with van der Waals surface area (Å²) >= 11 is 0. The topological polar surface area (TPSA) is 45.3 Å². The molecule has 138 valence electrons. The Balaban J connectivity index is 1.43. The van der Waals surface area contributed by atoms with Crippen molar-refractivity contribution >= 4 is 22.4 Å². The van der Waals surface area contributed by atoms with Crippen LogP contribution in [0.1, 0.15) is 24.5 Å². The largest absolute Gasteiger partial charge is 0.481 e. The lowest BCUT2D eigenvalue weighted by Gasteiger charge is -2.29. The second kappa shape index (κ2) is 7.31. The summed E-state index contributed by atoms with van der Waals surface area (Å²) in [4.78, 5) is 17.9. The van der Waals surface area contributed by atoms with Gasteiger partial charge in [-0.3, -0.25) is 4.79 Å². The van der Waals surface area contributed by atoms with Crippen LogP contribution in [0, 0.1) is 6.92 Å². The average molecular weight is 360 g/mol. The van der Waals surface area contributed by atoms with Crippen molar-refractivity contribution in [1.29, 1.82) is 0 Å². The molecule has 0 saturated carbocycles. The third kappa shape index (κ3) is 3.61. The van der Waals surface area contributed by atoms with Crippen LogP contribution in [0.4, 0.5) is 0 Å². The summed E-state index contributed by atoms with van der Waals surface area (Å²) in [5.41, 5.74) is 4.85. The number of para-hydroxylation sites is 1. The van der Waals surface area contributed by atoms with Crippen molar-refractivity contribution in [3.05, 3.63) is 71.9 Å². The number of benzene rings is 2. The molecule has 1 N–H and O–H groups in total. The van der Waals surface area contributed by atoms with E-state index in [4.69, 9.17) is 4.74 Å². The van der Waals surface area contributed by atoms with E-state index in [0.717, 1.165) is 17.7 Å².